The average Bonchev–Trinajstić information content (AvgIpc) is 2.96. The van der Waals surface area contributed by atoms with Crippen molar-refractivity contribution in [2.45, 2.75) is 25.6 Å². The zero-order chi connectivity index (χ0) is 15.5. The Morgan fingerprint density at radius 3 is 2.57 bits per heavy atom. The molecule has 2 rings (SSSR count). The Kier molecular flexibility index (Phi) is 4.81. The van der Waals surface area contributed by atoms with Crippen LogP contribution in [0.4, 0.5) is 13.2 Å². The monoisotopic (exact) mass is 321 g/mol. The Labute approximate surface area is 123 Å². The van der Waals surface area contributed by atoms with Gasteiger partial charge >= 0.3 is 12.1 Å². The molecule has 1 aromatic rings. The third-order valence-electron chi connectivity index (χ3n) is 3.32. The summed E-state index contributed by atoms with van der Waals surface area (Å²) < 4.78 is 36.9. The van der Waals surface area contributed by atoms with Crippen molar-refractivity contribution in [1.29, 1.82) is 0 Å². The zero-order valence-electron chi connectivity index (χ0n) is 11.0. The third-order valence-corrected chi connectivity index (χ3v) is 3.96. The fourth-order valence-corrected chi connectivity index (χ4v) is 2.73. The number of rotatable bonds is 3. The minimum Gasteiger partial charge on any atom is -0.350 e. The molecule has 5 nitrogen and oxygen atoms in total. The van der Waals surface area contributed by atoms with Crippen LogP contribution in [0, 0.1) is 5.92 Å². The van der Waals surface area contributed by atoms with Gasteiger partial charge in [-0.25, -0.2) is 4.98 Å². The van der Waals surface area contributed by atoms with Gasteiger partial charge in [0.05, 0.1) is 17.7 Å². The lowest BCUT2D eigenvalue weighted by atomic mass is 9.96. The first-order valence-electron chi connectivity index (χ1n) is 6.39. The molecule has 0 saturated carbocycles. The Bertz CT molecular complexity index is 496. The molecule has 0 unspecified atom stereocenters. The molecule has 0 spiro atoms. The van der Waals surface area contributed by atoms with Gasteiger partial charge in [0.25, 0.3) is 0 Å². The lowest BCUT2D eigenvalue weighted by Gasteiger charge is -2.31. The smallest absolute Gasteiger partial charge is 0.350 e. The van der Waals surface area contributed by atoms with Gasteiger partial charge in [0, 0.05) is 24.4 Å². The quantitative estimate of drug-likeness (QED) is 0.919. The molecule has 0 aliphatic carbocycles. The van der Waals surface area contributed by atoms with E-state index in [1.165, 1.54) is 11.3 Å². The van der Waals surface area contributed by atoms with Gasteiger partial charge < -0.3 is 10.2 Å². The van der Waals surface area contributed by atoms with Crippen molar-refractivity contribution < 1.29 is 22.8 Å². The maximum absolute atomic E-state index is 12.3. The molecule has 0 radical (unpaired) electrons. The van der Waals surface area contributed by atoms with Gasteiger partial charge in [-0.3, -0.25) is 9.59 Å². The lowest BCUT2D eigenvalue weighted by Crippen LogP contribution is -2.47. The highest BCUT2D eigenvalue weighted by Gasteiger charge is 2.43. The van der Waals surface area contributed by atoms with Crippen LogP contribution >= 0.6 is 11.3 Å². The summed E-state index contributed by atoms with van der Waals surface area (Å²) in [5.41, 5.74) is 2.40. The van der Waals surface area contributed by atoms with Crippen LogP contribution in [0.15, 0.2) is 10.9 Å². The lowest BCUT2D eigenvalue weighted by molar-refractivity contribution is -0.186. The Morgan fingerprint density at radius 2 is 2.05 bits per heavy atom. The second-order valence-electron chi connectivity index (χ2n) is 4.76. The van der Waals surface area contributed by atoms with Gasteiger partial charge in [-0.1, -0.05) is 0 Å². The minimum atomic E-state index is -4.85. The third kappa shape index (κ3) is 4.16. The van der Waals surface area contributed by atoms with Gasteiger partial charge in [0.1, 0.15) is 0 Å². The number of halogens is 3. The number of nitrogens with one attached hydrogen (secondary N) is 1. The zero-order valence-corrected chi connectivity index (χ0v) is 11.8. The van der Waals surface area contributed by atoms with Crippen molar-refractivity contribution >= 4 is 23.2 Å². The maximum atomic E-state index is 12.3. The van der Waals surface area contributed by atoms with Crippen LogP contribution < -0.4 is 5.32 Å². The normalized spacial score (nSPS) is 16.8. The van der Waals surface area contributed by atoms with E-state index in [4.69, 9.17) is 0 Å². The fourth-order valence-electron chi connectivity index (χ4n) is 2.17. The molecule has 1 N–H and O–H groups in total. The van der Waals surface area contributed by atoms with Gasteiger partial charge in [-0.05, 0) is 12.8 Å². The first kappa shape index (κ1) is 15.7. The molecule has 2 heterocycles. The minimum absolute atomic E-state index is 0.0485. The predicted octanol–water partition coefficient (Wildman–Crippen LogP) is 1.56. The maximum Gasteiger partial charge on any atom is 0.471 e. The molecule has 0 bridgehead atoms. The van der Waals surface area contributed by atoms with E-state index in [9.17, 15) is 22.8 Å². The van der Waals surface area contributed by atoms with E-state index in [0.717, 1.165) is 10.6 Å². The second-order valence-corrected chi connectivity index (χ2v) is 5.48. The number of thiazole rings is 1. The highest BCUT2D eigenvalue weighted by atomic mass is 32.1. The second kappa shape index (κ2) is 6.42. The van der Waals surface area contributed by atoms with E-state index >= 15 is 0 Å². The fraction of sp³-hybridized carbons (Fsp3) is 0.583. The Balaban J connectivity index is 1.78. The van der Waals surface area contributed by atoms with E-state index in [1.807, 2.05) is 5.38 Å². The molecule has 1 aliphatic heterocycles. The summed E-state index contributed by atoms with van der Waals surface area (Å²) in [6, 6.07) is 0. The average molecular weight is 321 g/mol. The number of alkyl halides is 3. The van der Waals surface area contributed by atoms with Gasteiger partial charge in [-0.2, -0.15) is 13.2 Å². The molecule has 0 aromatic carbocycles. The molecule has 0 atom stereocenters. The Hall–Kier alpha value is -1.64. The van der Waals surface area contributed by atoms with Crippen molar-refractivity contribution in [3.8, 4) is 0 Å². The van der Waals surface area contributed by atoms with Crippen molar-refractivity contribution in [1.82, 2.24) is 15.2 Å². The molecule has 9 heteroatoms. The number of hydrogen-bond acceptors (Lipinski definition) is 4. The van der Waals surface area contributed by atoms with Crippen molar-refractivity contribution in [3.63, 3.8) is 0 Å². The van der Waals surface area contributed by atoms with Crippen LogP contribution in [0.2, 0.25) is 0 Å². The largest absolute Gasteiger partial charge is 0.471 e. The number of piperidine rings is 1. The molecular weight excluding hydrogens is 307 g/mol. The molecule has 21 heavy (non-hydrogen) atoms. The van der Waals surface area contributed by atoms with E-state index < -0.39 is 12.1 Å². The van der Waals surface area contributed by atoms with E-state index in [-0.39, 0.29) is 37.8 Å². The summed E-state index contributed by atoms with van der Waals surface area (Å²) in [5.74, 6) is -2.40. The predicted molar refractivity (Wildman–Crippen MR) is 69.3 cm³/mol. The Morgan fingerprint density at radius 1 is 1.38 bits per heavy atom. The molecule has 116 valence electrons. The molecular formula is C12H14F3N3O2S. The van der Waals surface area contributed by atoms with Gasteiger partial charge in [0.2, 0.25) is 5.91 Å². The van der Waals surface area contributed by atoms with Crippen molar-refractivity contribution in [3.05, 3.63) is 16.6 Å². The number of amides is 2. The van der Waals surface area contributed by atoms with Crippen LogP contribution in [0.5, 0.6) is 0 Å². The number of nitrogens with zero attached hydrogens (tertiary/aromatic N) is 2. The van der Waals surface area contributed by atoms with Crippen LogP contribution in [0.25, 0.3) is 0 Å². The van der Waals surface area contributed by atoms with E-state index in [0.29, 0.717) is 6.54 Å². The molecule has 2 amide bonds. The molecule has 1 aromatic heterocycles. The number of aromatic nitrogens is 1. The number of hydrogen-bond donors (Lipinski definition) is 1. The number of carbonyl (C=O) groups is 2. The topological polar surface area (TPSA) is 62.3 Å². The molecule has 1 saturated heterocycles. The summed E-state index contributed by atoms with van der Waals surface area (Å²) in [7, 11) is 0. The summed E-state index contributed by atoms with van der Waals surface area (Å²) >= 11 is 1.42. The standard InChI is InChI=1S/C12H14F3N3O2S/c13-12(14,15)11(20)18-3-1-8(2-4-18)10(19)16-5-9-6-21-7-17-9/h6-8H,1-5H2,(H,16,19). The highest BCUT2D eigenvalue weighted by Crippen LogP contribution is 2.24. The molecule has 1 aliphatic rings. The first-order chi connectivity index (χ1) is 9.88. The van der Waals surface area contributed by atoms with Crippen molar-refractivity contribution in [2.24, 2.45) is 5.92 Å². The number of carbonyl (C=O) groups excluding carboxylic acids is 2. The highest BCUT2D eigenvalue weighted by molar-refractivity contribution is 7.07. The van der Waals surface area contributed by atoms with Gasteiger partial charge in [0.15, 0.2) is 0 Å². The van der Waals surface area contributed by atoms with Crippen LogP contribution in [0.1, 0.15) is 18.5 Å². The van der Waals surface area contributed by atoms with E-state index in [2.05, 4.69) is 10.3 Å². The summed E-state index contributed by atoms with van der Waals surface area (Å²) in [4.78, 5) is 27.8. The van der Waals surface area contributed by atoms with Crippen LogP contribution in [0.3, 0.4) is 0 Å². The molecule has 1 fully saturated rings. The first-order valence-corrected chi connectivity index (χ1v) is 7.33. The van der Waals surface area contributed by atoms with Crippen LogP contribution in [-0.4, -0.2) is 41.0 Å². The summed E-state index contributed by atoms with van der Waals surface area (Å²) in [5, 5.41) is 4.52. The van der Waals surface area contributed by atoms with Crippen molar-refractivity contribution in [2.75, 3.05) is 13.1 Å². The SMILES string of the molecule is O=C(NCc1cscn1)C1CCN(C(=O)C(F)(F)F)CC1. The van der Waals surface area contributed by atoms with Gasteiger partial charge in [-0.15, -0.1) is 11.3 Å². The number of likely N-dealkylation sites (tertiary alicyclic amines) is 1. The summed E-state index contributed by atoms with van der Waals surface area (Å²) in [6.07, 6.45) is -4.37. The summed E-state index contributed by atoms with van der Waals surface area (Å²) in [6.45, 7) is 0.213. The van der Waals surface area contributed by atoms with Crippen LogP contribution in [-0.2, 0) is 16.1 Å². The van der Waals surface area contributed by atoms with E-state index in [1.54, 1.807) is 5.51 Å².